The van der Waals surface area contributed by atoms with E-state index in [9.17, 15) is 8.42 Å². The molecule has 0 saturated carbocycles. The summed E-state index contributed by atoms with van der Waals surface area (Å²) in [6.45, 7) is 3.83. The number of hydrogen-bond acceptors (Lipinski definition) is 4. The van der Waals surface area contributed by atoms with Gasteiger partial charge in [-0.1, -0.05) is 10.0 Å². The number of nitrogens with zero attached hydrogens (tertiary/aromatic N) is 1. The van der Waals surface area contributed by atoms with E-state index in [2.05, 4.69) is 0 Å². The molecule has 7 heteroatoms. The Hall–Kier alpha value is -0.630. The van der Waals surface area contributed by atoms with Crippen LogP contribution in [0.3, 0.4) is 0 Å². The molecule has 6 nitrogen and oxygen atoms in total. The highest BCUT2D eigenvalue weighted by Gasteiger charge is 2.21. The molecule has 0 atom stereocenters. The maximum atomic E-state index is 10.3. The number of nitrogens with one attached hydrogen (secondary N) is 1. The summed E-state index contributed by atoms with van der Waals surface area (Å²) in [7, 11) is -4.23. The Balaban J connectivity index is 2.54. The molecule has 70 valence electrons. The van der Waals surface area contributed by atoms with Gasteiger partial charge < -0.3 is 4.84 Å². The third-order valence-electron chi connectivity index (χ3n) is 1.45. The first-order chi connectivity index (χ1) is 5.38. The van der Waals surface area contributed by atoms with Gasteiger partial charge in [-0.3, -0.25) is 4.55 Å². The lowest BCUT2D eigenvalue weighted by molar-refractivity contribution is -0.113. The maximum absolute atomic E-state index is 10.3. The molecule has 0 spiro atoms. The summed E-state index contributed by atoms with van der Waals surface area (Å²) in [5, 5.41) is 0.944. The van der Waals surface area contributed by atoms with Gasteiger partial charge in [-0.25, -0.2) is 0 Å². The van der Waals surface area contributed by atoms with Crippen molar-refractivity contribution < 1.29 is 17.8 Å². The van der Waals surface area contributed by atoms with E-state index >= 15 is 0 Å². The Kier molecular flexibility index (Phi) is 2.38. The van der Waals surface area contributed by atoms with Gasteiger partial charge in [0.1, 0.15) is 5.76 Å². The van der Waals surface area contributed by atoms with Crippen LogP contribution < -0.4 is 4.83 Å². The van der Waals surface area contributed by atoms with Gasteiger partial charge in [0.2, 0.25) is 0 Å². The smallest absolute Gasteiger partial charge is 0.349 e. The van der Waals surface area contributed by atoms with Gasteiger partial charge in [0.25, 0.3) is 0 Å². The molecule has 0 aromatic carbocycles. The Morgan fingerprint density at radius 1 is 1.58 bits per heavy atom. The number of hydroxylamine groups is 1. The second-order valence-electron chi connectivity index (χ2n) is 2.53. The third kappa shape index (κ3) is 2.45. The predicted octanol–water partition coefficient (Wildman–Crippen LogP) is -0.165. The second kappa shape index (κ2) is 3.02. The maximum Gasteiger partial charge on any atom is 0.349 e. The molecule has 0 unspecified atom stereocenters. The molecule has 0 fully saturated rings. The van der Waals surface area contributed by atoms with Crippen molar-refractivity contribution >= 4 is 10.3 Å². The van der Waals surface area contributed by atoms with E-state index in [1.165, 1.54) is 0 Å². The van der Waals surface area contributed by atoms with E-state index in [4.69, 9.17) is 9.39 Å². The van der Waals surface area contributed by atoms with Crippen molar-refractivity contribution in [1.29, 1.82) is 0 Å². The molecule has 0 aromatic heterocycles. The SMILES string of the molecule is CC1=C(C)ON(NS(=O)(=O)O)C1. The topological polar surface area (TPSA) is 78.9 Å². The fourth-order valence-electron chi connectivity index (χ4n) is 0.782. The van der Waals surface area contributed by atoms with Crippen molar-refractivity contribution in [2.75, 3.05) is 6.54 Å². The number of rotatable bonds is 2. The van der Waals surface area contributed by atoms with Crippen LogP contribution >= 0.6 is 0 Å². The van der Waals surface area contributed by atoms with E-state index in [-0.39, 0.29) is 0 Å². The van der Waals surface area contributed by atoms with Crippen LogP contribution in [0.1, 0.15) is 13.8 Å². The highest BCUT2D eigenvalue weighted by atomic mass is 32.2. The van der Waals surface area contributed by atoms with Gasteiger partial charge in [-0.2, -0.15) is 8.42 Å². The number of hydrazine groups is 1. The van der Waals surface area contributed by atoms with E-state index < -0.39 is 10.3 Å². The van der Waals surface area contributed by atoms with Crippen molar-refractivity contribution in [2.24, 2.45) is 0 Å². The number of hydrogen-bond donors (Lipinski definition) is 2. The van der Waals surface area contributed by atoms with E-state index in [1.54, 1.807) is 18.7 Å². The molecular weight excluding hydrogens is 184 g/mol. The zero-order chi connectivity index (χ0) is 9.35. The number of allylic oxidation sites excluding steroid dienone is 1. The standard InChI is InChI=1S/C5H10N2O4S/c1-4-3-7(11-5(4)2)6-12(8,9)10/h6H,3H2,1-2H3,(H,8,9,10). The summed E-state index contributed by atoms with van der Waals surface area (Å²) in [5.74, 6) is 0.631. The third-order valence-corrected chi connectivity index (χ3v) is 1.88. The van der Waals surface area contributed by atoms with Gasteiger partial charge in [-0.05, 0) is 19.4 Å². The molecule has 0 amide bonds. The van der Waals surface area contributed by atoms with Crippen molar-refractivity contribution in [3.63, 3.8) is 0 Å². The van der Waals surface area contributed by atoms with Crippen LogP contribution in [0.4, 0.5) is 0 Å². The average molecular weight is 194 g/mol. The van der Waals surface area contributed by atoms with Crippen LogP contribution in [-0.4, -0.2) is 24.7 Å². The highest BCUT2D eigenvalue weighted by molar-refractivity contribution is 7.83. The largest absolute Gasteiger partial charge is 0.395 e. The minimum Gasteiger partial charge on any atom is -0.395 e. The molecule has 1 heterocycles. The molecule has 0 aliphatic carbocycles. The molecular formula is C5H10N2O4S. The molecule has 0 bridgehead atoms. The summed E-state index contributed by atoms with van der Waals surface area (Å²) < 4.78 is 29.0. The van der Waals surface area contributed by atoms with E-state index in [0.717, 1.165) is 10.7 Å². The first-order valence-corrected chi connectivity index (χ1v) is 4.69. The molecule has 2 N–H and O–H groups in total. The van der Waals surface area contributed by atoms with Gasteiger partial charge >= 0.3 is 10.3 Å². The Bertz CT molecular complexity index is 293. The molecule has 1 aliphatic rings. The van der Waals surface area contributed by atoms with Crippen LogP contribution in [-0.2, 0) is 15.1 Å². The van der Waals surface area contributed by atoms with Gasteiger partial charge in [0.05, 0.1) is 6.54 Å². The highest BCUT2D eigenvalue weighted by Crippen LogP contribution is 2.15. The minimum atomic E-state index is -4.23. The summed E-state index contributed by atoms with van der Waals surface area (Å²) in [6, 6.07) is 0. The fourth-order valence-corrected chi connectivity index (χ4v) is 1.14. The lowest BCUT2D eigenvalue weighted by Crippen LogP contribution is -2.39. The summed E-state index contributed by atoms with van der Waals surface area (Å²) >= 11 is 0. The van der Waals surface area contributed by atoms with Crippen molar-refractivity contribution in [2.45, 2.75) is 13.8 Å². The van der Waals surface area contributed by atoms with Gasteiger partial charge in [-0.15, -0.1) is 0 Å². The molecule has 0 aromatic rings. The molecule has 1 rings (SSSR count). The van der Waals surface area contributed by atoms with Crippen LogP contribution in [0.15, 0.2) is 11.3 Å². The van der Waals surface area contributed by atoms with Crippen molar-refractivity contribution in [1.82, 2.24) is 10.0 Å². The average Bonchev–Trinajstić information content (AvgIpc) is 2.07. The summed E-state index contributed by atoms with van der Waals surface area (Å²) in [6.07, 6.45) is 0. The Labute approximate surface area is 70.6 Å². The molecule has 12 heavy (non-hydrogen) atoms. The van der Waals surface area contributed by atoms with Gasteiger partial charge in [0, 0.05) is 0 Å². The summed E-state index contributed by atoms with van der Waals surface area (Å²) in [5.41, 5.74) is 0.908. The second-order valence-corrected chi connectivity index (χ2v) is 3.66. The Morgan fingerprint density at radius 2 is 2.17 bits per heavy atom. The van der Waals surface area contributed by atoms with Crippen molar-refractivity contribution in [3.8, 4) is 0 Å². The molecule has 0 saturated heterocycles. The normalized spacial score (nSPS) is 19.9. The van der Waals surface area contributed by atoms with Crippen molar-refractivity contribution in [3.05, 3.63) is 11.3 Å². The van der Waals surface area contributed by atoms with E-state index in [0.29, 0.717) is 12.3 Å². The Morgan fingerprint density at radius 3 is 2.50 bits per heavy atom. The zero-order valence-corrected chi connectivity index (χ0v) is 7.55. The lowest BCUT2D eigenvalue weighted by atomic mass is 10.3. The first-order valence-electron chi connectivity index (χ1n) is 3.25. The van der Waals surface area contributed by atoms with Crippen LogP contribution in [0.5, 0.6) is 0 Å². The predicted molar refractivity (Wildman–Crippen MR) is 40.8 cm³/mol. The quantitative estimate of drug-likeness (QED) is 0.597. The monoisotopic (exact) mass is 194 g/mol. The lowest BCUT2D eigenvalue weighted by Gasteiger charge is -2.13. The van der Waals surface area contributed by atoms with Crippen LogP contribution in [0.2, 0.25) is 0 Å². The summed E-state index contributed by atoms with van der Waals surface area (Å²) in [4.78, 5) is 6.69. The molecule has 1 aliphatic heterocycles. The van der Waals surface area contributed by atoms with E-state index in [1.807, 2.05) is 0 Å². The van der Waals surface area contributed by atoms with Crippen LogP contribution in [0, 0.1) is 0 Å². The van der Waals surface area contributed by atoms with Gasteiger partial charge in [0.15, 0.2) is 0 Å². The molecule has 0 radical (unpaired) electrons. The first kappa shape index (κ1) is 9.46. The zero-order valence-electron chi connectivity index (χ0n) is 6.73. The minimum absolute atomic E-state index is 0.311. The van der Waals surface area contributed by atoms with Crippen LogP contribution in [0.25, 0.3) is 0 Å². The fraction of sp³-hybridized carbons (Fsp3) is 0.600.